The normalized spacial score (nSPS) is 15.6. The van der Waals surface area contributed by atoms with Gasteiger partial charge >= 0.3 is 0 Å². The molecule has 2 saturated heterocycles. The summed E-state index contributed by atoms with van der Waals surface area (Å²) in [5, 5.41) is 12.1. The number of benzene rings is 4. The predicted molar refractivity (Wildman–Crippen MR) is 310 cm³/mol. The molecule has 2 aromatic heterocycles. The van der Waals surface area contributed by atoms with E-state index >= 15 is 8.78 Å². The summed E-state index contributed by atoms with van der Waals surface area (Å²) in [7, 11) is 3.83. The number of hydrogen-bond acceptors (Lipinski definition) is 8. The van der Waals surface area contributed by atoms with E-state index in [-0.39, 0.29) is 35.8 Å². The molecule has 10 rings (SSSR count). The van der Waals surface area contributed by atoms with Crippen molar-refractivity contribution in [3.8, 4) is 0 Å². The fourth-order valence-electron chi connectivity index (χ4n) is 11.9. The summed E-state index contributed by atoms with van der Waals surface area (Å²) < 4.78 is 34.0. The minimum absolute atomic E-state index is 0. The highest BCUT2D eigenvalue weighted by molar-refractivity contribution is 6.07. The van der Waals surface area contributed by atoms with Crippen LogP contribution in [0.4, 0.5) is 20.2 Å². The molecule has 2 fully saturated rings. The highest BCUT2D eigenvalue weighted by Gasteiger charge is 2.30. The standard InChI is InChI=1S/C35H45FN4O2.C29H33FN4O2.ClH/c1-4-5-6-7-16-39-17-14-26(15-18-39)20-31(41)12-11-27-9-10-28(21-32(27)36)35(42)40-24-30-23-37-38(3)34(30)22-29-19-25(2)8-13-33(29)40;1-19-3-8-27-23(13-19)16-28-24(17-32-33(28)2)18-34(27)29(36)22-5-4-21(26(30)15-22)6-7-25(35)14-20-9-11-31-12-10-20;/h8-10,13,19,21,23,26H,4-7,11-12,14-18,20,22,24H2,1-3H3;3-5,8,13,15,17,20,31H,6-7,9-12,14,16,18H2,1-2H3;1H. The third-order valence-corrected chi connectivity index (χ3v) is 16.7. The third-order valence-electron chi connectivity index (χ3n) is 16.7. The van der Waals surface area contributed by atoms with Crippen LogP contribution < -0.4 is 15.1 Å². The van der Waals surface area contributed by atoms with Gasteiger partial charge in [0.2, 0.25) is 0 Å². The number of carbonyl (C=O) groups is 4. The molecule has 6 heterocycles. The van der Waals surface area contributed by atoms with Gasteiger partial charge in [-0.15, -0.1) is 12.4 Å². The quantitative estimate of drug-likeness (QED) is 0.0895. The number of carbonyl (C=O) groups excluding carboxylic acids is 4. The summed E-state index contributed by atoms with van der Waals surface area (Å²) >= 11 is 0. The van der Waals surface area contributed by atoms with Gasteiger partial charge in [-0.05, 0) is 162 Å². The van der Waals surface area contributed by atoms with Crippen molar-refractivity contribution in [2.24, 2.45) is 25.9 Å². The summed E-state index contributed by atoms with van der Waals surface area (Å²) in [4.78, 5) is 58.6. The van der Waals surface area contributed by atoms with Crippen molar-refractivity contribution in [2.75, 3.05) is 42.5 Å². The number of likely N-dealkylation sites (tertiary alicyclic amines) is 1. The largest absolute Gasteiger partial charge is 0.317 e. The fraction of sp³-hybridized carbons (Fsp3) is 0.469. The van der Waals surface area contributed by atoms with E-state index in [1.165, 1.54) is 44.4 Å². The van der Waals surface area contributed by atoms with Crippen molar-refractivity contribution >= 4 is 47.2 Å². The lowest BCUT2D eigenvalue weighted by Crippen LogP contribution is -2.35. The minimum Gasteiger partial charge on any atom is -0.317 e. The first-order chi connectivity index (χ1) is 37.7. The van der Waals surface area contributed by atoms with E-state index in [9.17, 15) is 19.2 Å². The van der Waals surface area contributed by atoms with E-state index in [0.717, 1.165) is 108 Å². The average Bonchev–Trinajstić information content (AvgIpc) is 3.90. The van der Waals surface area contributed by atoms with E-state index in [2.05, 4.69) is 39.5 Å². The molecule has 0 atom stereocenters. The molecule has 0 radical (unpaired) electrons. The Morgan fingerprint density at radius 3 is 1.52 bits per heavy atom. The van der Waals surface area contributed by atoms with Gasteiger partial charge in [-0.3, -0.25) is 28.5 Å². The highest BCUT2D eigenvalue weighted by Crippen LogP contribution is 2.35. The van der Waals surface area contributed by atoms with E-state index in [4.69, 9.17) is 0 Å². The number of amides is 2. The molecule has 0 aliphatic carbocycles. The number of rotatable bonds is 17. The molecule has 0 saturated carbocycles. The second kappa shape index (κ2) is 27.2. The Morgan fingerprint density at radius 2 is 1.06 bits per heavy atom. The number of fused-ring (bicyclic) bond motifs is 4. The lowest BCUT2D eigenvalue weighted by molar-refractivity contribution is -0.121. The van der Waals surface area contributed by atoms with E-state index in [1.807, 2.05) is 67.8 Å². The van der Waals surface area contributed by atoms with Gasteiger partial charge in [-0.1, -0.05) is 73.7 Å². The van der Waals surface area contributed by atoms with Crippen LogP contribution in [0.5, 0.6) is 0 Å². The number of piperidine rings is 2. The molecule has 1 N–H and O–H groups in total. The predicted octanol–water partition coefficient (Wildman–Crippen LogP) is 11.7. The van der Waals surface area contributed by atoms with Crippen LogP contribution in [0.1, 0.15) is 161 Å². The van der Waals surface area contributed by atoms with E-state index in [1.54, 1.807) is 40.3 Å². The summed E-state index contributed by atoms with van der Waals surface area (Å²) in [6.45, 7) is 12.3. The number of unbranched alkanes of at least 4 members (excludes halogenated alkanes) is 3. The van der Waals surface area contributed by atoms with Gasteiger partial charge in [0.1, 0.15) is 23.2 Å². The Hall–Kier alpha value is -6.35. The number of anilines is 2. The molecule has 0 unspecified atom stereocenters. The maximum Gasteiger partial charge on any atom is 0.258 e. The molecule has 2 amide bonds. The van der Waals surface area contributed by atoms with Gasteiger partial charge in [0.25, 0.3) is 11.8 Å². The van der Waals surface area contributed by atoms with E-state index in [0.29, 0.717) is 98.5 Å². The molecule has 0 spiro atoms. The van der Waals surface area contributed by atoms with Crippen molar-refractivity contribution in [3.05, 3.63) is 164 Å². The Morgan fingerprint density at radius 1 is 0.595 bits per heavy atom. The van der Waals surface area contributed by atoms with Crippen molar-refractivity contribution in [1.29, 1.82) is 0 Å². The van der Waals surface area contributed by atoms with Gasteiger partial charge in [-0.25, -0.2) is 8.78 Å². The first-order valence-corrected chi connectivity index (χ1v) is 28.6. The second-order valence-corrected chi connectivity index (χ2v) is 22.5. The van der Waals surface area contributed by atoms with Crippen LogP contribution in [0.2, 0.25) is 0 Å². The number of aromatic nitrogens is 4. The monoisotopic (exact) mass is 1100 g/mol. The molecule has 4 aromatic carbocycles. The summed E-state index contributed by atoms with van der Waals surface area (Å²) in [5.41, 5.74) is 11.8. The van der Waals surface area contributed by atoms with Crippen LogP contribution in [0.3, 0.4) is 0 Å². The first kappa shape index (κ1) is 58.8. The van der Waals surface area contributed by atoms with Crippen molar-refractivity contribution < 1.29 is 28.0 Å². The Balaban J connectivity index is 0.000000208. The minimum atomic E-state index is -0.434. The summed E-state index contributed by atoms with van der Waals surface area (Å²) in [6, 6.07) is 21.5. The van der Waals surface area contributed by atoms with Crippen molar-refractivity contribution in [2.45, 2.75) is 137 Å². The molecule has 15 heteroatoms. The van der Waals surface area contributed by atoms with Crippen LogP contribution in [0.25, 0.3) is 0 Å². The zero-order valence-electron chi connectivity index (χ0n) is 46.9. The number of nitrogens with zero attached hydrogens (tertiary/aromatic N) is 7. The maximum absolute atomic E-state index is 15.3. The molecular weight excluding hydrogens is 1020 g/mol. The first-order valence-electron chi connectivity index (χ1n) is 28.6. The van der Waals surface area contributed by atoms with Gasteiger partial charge in [0, 0.05) is 97.6 Å². The summed E-state index contributed by atoms with van der Waals surface area (Å²) in [6.07, 6.45) is 16.9. The number of hydrogen-bond donors (Lipinski definition) is 1. The smallest absolute Gasteiger partial charge is 0.258 e. The van der Waals surface area contributed by atoms with E-state index < -0.39 is 11.6 Å². The average molecular weight is 1100 g/mol. The van der Waals surface area contributed by atoms with Gasteiger partial charge in [0.15, 0.2) is 0 Å². The number of ketones is 2. The van der Waals surface area contributed by atoms with Crippen LogP contribution >= 0.6 is 12.4 Å². The zero-order valence-corrected chi connectivity index (χ0v) is 47.7. The van der Waals surface area contributed by atoms with Crippen LogP contribution in [0.15, 0.2) is 85.2 Å². The van der Waals surface area contributed by atoms with Gasteiger partial charge in [-0.2, -0.15) is 10.2 Å². The lowest BCUT2D eigenvalue weighted by Gasteiger charge is -2.31. The SMILES string of the molecule is CCCCCCN1CCC(CC(=O)CCc2ccc(C(=O)N3Cc4cnn(C)c4Cc4cc(C)ccc43)cc2F)CC1.Cc1ccc2c(c1)Cc1c(cnn1C)CN2C(=O)c1ccc(CCC(=O)CC2CCNCC2)c(F)c1.Cl. The Bertz CT molecular complexity index is 3120. The van der Waals surface area contributed by atoms with Gasteiger partial charge in [0.05, 0.1) is 25.5 Å². The molecule has 79 heavy (non-hydrogen) atoms. The number of halogens is 3. The molecule has 4 aliphatic rings. The maximum atomic E-state index is 15.3. The van der Waals surface area contributed by atoms with Crippen molar-refractivity contribution in [1.82, 2.24) is 29.8 Å². The fourth-order valence-corrected chi connectivity index (χ4v) is 11.9. The van der Waals surface area contributed by atoms with Crippen LogP contribution in [0, 0.1) is 37.3 Å². The molecule has 6 aromatic rings. The third kappa shape index (κ3) is 14.7. The molecule has 0 bridgehead atoms. The summed E-state index contributed by atoms with van der Waals surface area (Å²) in [5.74, 6) is -0.0779. The topological polar surface area (TPSA) is 126 Å². The van der Waals surface area contributed by atoms with Crippen LogP contribution in [-0.4, -0.2) is 80.6 Å². The second-order valence-electron chi connectivity index (χ2n) is 22.5. The lowest BCUT2D eigenvalue weighted by atomic mass is 9.90. The Kier molecular flexibility index (Phi) is 20.2. The molecule has 4 aliphatic heterocycles. The van der Waals surface area contributed by atoms with Crippen LogP contribution in [-0.2, 0) is 62.5 Å². The number of Topliss-reactive ketones (excluding diaryl/α,β-unsaturated/α-hetero) is 2. The number of aryl methyl sites for hydroxylation is 6. The molecule has 12 nitrogen and oxygen atoms in total. The Labute approximate surface area is 471 Å². The number of nitrogens with one attached hydrogen (secondary N) is 1. The zero-order chi connectivity index (χ0) is 54.9. The van der Waals surface area contributed by atoms with Crippen molar-refractivity contribution in [3.63, 3.8) is 0 Å². The van der Waals surface area contributed by atoms with Gasteiger partial charge < -0.3 is 20.0 Å². The highest BCUT2D eigenvalue weighted by atomic mass is 35.5. The molecule has 420 valence electrons. The molecular formula is C64H79ClF2N8O4.